The van der Waals surface area contributed by atoms with Crippen molar-refractivity contribution in [3.8, 4) is 5.95 Å². The topological polar surface area (TPSA) is 63.6 Å². The zero-order valence-electron chi connectivity index (χ0n) is 12.6. The van der Waals surface area contributed by atoms with Crippen molar-refractivity contribution in [3.63, 3.8) is 0 Å². The minimum atomic E-state index is -0.270. The van der Waals surface area contributed by atoms with Crippen LogP contribution < -0.4 is 5.56 Å². The Balaban J connectivity index is 1.85. The van der Waals surface area contributed by atoms with Gasteiger partial charge in [0, 0.05) is 18.5 Å². The molecule has 5 nitrogen and oxygen atoms in total. The molecule has 1 aliphatic rings. The van der Waals surface area contributed by atoms with Gasteiger partial charge in [0.05, 0.1) is 10.9 Å². The zero-order valence-corrected chi connectivity index (χ0v) is 12.6. The van der Waals surface area contributed by atoms with Crippen LogP contribution in [0.2, 0.25) is 0 Å². The van der Waals surface area contributed by atoms with Crippen LogP contribution in [0, 0.1) is 5.82 Å². The van der Waals surface area contributed by atoms with Gasteiger partial charge in [-0.15, -0.1) is 0 Å². The highest BCUT2D eigenvalue weighted by Gasteiger charge is 2.20. The van der Waals surface area contributed by atoms with Crippen LogP contribution in [0.5, 0.6) is 0 Å². The highest BCUT2D eigenvalue weighted by molar-refractivity contribution is 5.79. The molecule has 118 valence electrons. The van der Waals surface area contributed by atoms with Crippen molar-refractivity contribution in [2.75, 3.05) is 0 Å². The maximum Gasteiger partial charge on any atom is 0.260 e. The number of aromatic nitrogens is 4. The molecule has 6 heteroatoms. The van der Waals surface area contributed by atoms with E-state index >= 15 is 0 Å². The van der Waals surface area contributed by atoms with E-state index in [2.05, 4.69) is 15.1 Å². The first-order valence-electron chi connectivity index (χ1n) is 7.96. The van der Waals surface area contributed by atoms with Crippen LogP contribution >= 0.6 is 0 Å². The van der Waals surface area contributed by atoms with Gasteiger partial charge in [0.1, 0.15) is 5.82 Å². The molecular weight excluding hydrogens is 295 g/mol. The number of benzene rings is 1. The Morgan fingerprint density at radius 2 is 2.04 bits per heavy atom. The Kier molecular flexibility index (Phi) is 3.44. The normalized spacial score (nSPS) is 16.0. The van der Waals surface area contributed by atoms with Crippen LogP contribution in [0.25, 0.3) is 16.9 Å². The molecule has 0 atom stereocenters. The third kappa shape index (κ3) is 2.54. The van der Waals surface area contributed by atoms with Crippen molar-refractivity contribution in [3.05, 3.63) is 52.3 Å². The smallest absolute Gasteiger partial charge is 0.260 e. The van der Waals surface area contributed by atoms with E-state index in [-0.39, 0.29) is 23.2 Å². The third-order valence-corrected chi connectivity index (χ3v) is 4.58. The molecule has 2 aromatic heterocycles. The van der Waals surface area contributed by atoms with Gasteiger partial charge in [-0.2, -0.15) is 5.10 Å². The summed E-state index contributed by atoms with van der Waals surface area (Å²) in [5.41, 5.74) is 0.741. The molecule has 0 aliphatic heterocycles. The molecule has 2 heterocycles. The Morgan fingerprint density at radius 1 is 1.22 bits per heavy atom. The molecule has 1 saturated carbocycles. The van der Waals surface area contributed by atoms with Gasteiger partial charge in [-0.1, -0.05) is 19.3 Å². The van der Waals surface area contributed by atoms with Gasteiger partial charge in [-0.3, -0.25) is 9.78 Å². The second-order valence-electron chi connectivity index (χ2n) is 6.07. The number of rotatable bonds is 2. The lowest BCUT2D eigenvalue weighted by Gasteiger charge is -2.22. The second kappa shape index (κ2) is 5.61. The van der Waals surface area contributed by atoms with Crippen LogP contribution in [0.3, 0.4) is 0 Å². The summed E-state index contributed by atoms with van der Waals surface area (Å²) in [4.78, 5) is 19.4. The minimum Gasteiger partial charge on any atom is -0.290 e. The molecule has 0 saturated heterocycles. The number of nitrogens with zero attached hydrogens (tertiary/aromatic N) is 3. The molecule has 0 bridgehead atoms. The van der Waals surface area contributed by atoms with Gasteiger partial charge < -0.3 is 0 Å². The number of nitrogens with one attached hydrogen (secondary N) is 1. The lowest BCUT2D eigenvalue weighted by atomic mass is 9.83. The monoisotopic (exact) mass is 312 g/mol. The third-order valence-electron chi connectivity index (χ3n) is 4.58. The molecule has 3 aromatic rings. The number of halogens is 1. The molecule has 1 aromatic carbocycles. The first-order valence-corrected chi connectivity index (χ1v) is 7.96. The van der Waals surface area contributed by atoms with Crippen LogP contribution in [-0.2, 0) is 0 Å². The van der Waals surface area contributed by atoms with E-state index < -0.39 is 0 Å². The Labute approximate surface area is 132 Å². The Bertz CT molecular complexity index is 895. The van der Waals surface area contributed by atoms with E-state index in [4.69, 9.17) is 0 Å². The van der Waals surface area contributed by atoms with Gasteiger partial charge in [0.15, 0.2) is 0 Å². The van der Waals surface area contributed by atoms with E-state index in [1.807, 2.05) is 0 Å². The van der Waals surface area contributed by atoms with Gasteiger partial charge in [-0.05, 0) is 36.5 Å². The highest BCUT2D eigenvalue weighted by atomic mass is 19.1. The standard InChI is InChI=1S/C17H17FN4O/c18-14-10-15-13(9-12(14)11-5-2-1-3-6-11)16(23)21-17(20-15)22-8-4-7-19-22/h4,7-11H,1-3,5-6H2,(H,20,21,23). The molecular formula is C17H17FN4O. The van der Waals surface area contributed by atoms with Crippen molar-refractivity contribution in [2.45, 2.75) is 38.0 Å². The van der Waals surface area contributed by atoms with E-state index in [0.717, 1.165) is 25.7 Å². The molecule has 23 heavy (non-hydrogen) atoms. The molecule has 0 spiro atoms. The maximum atomic E-state index is 14.5. The molecule has 0 unspecified atom stereocenters. The zero-order chi connectivity index (χ0) is 15.8. The predicted octanol–water partition coefficient (Wildman–Crippen LogP) is 3.30. The molecule has 0 radical (unpaired) electrons. The summed E-state index contributed by atoms with van der Waals surface area (Å²) in [7, 11) is 0. The minimum absolute atomic E-state index is 0.207. The highest BCUT2D eigenvalue weighted by Crippen LogP contribution is 2.34. The van der Waals surface area contributed by atoms with Crippen LogP contribution in [0.15, 0.2) is 35.4 Å². The number of aromatic amines is 1. The Hall–Kier alpha value is -2.50. The first kappa shape index (κ1) is 14.1. The van der Waals surface area contributed by atoms with Gasteiger partial charge in [-0.25, -0.2) is 14.1 Å². The Morgan fingerprint density at radius 3 is 2.78 bits per heavy atom. The summed E-state index contributed by atoms with van der Waals surface area (Å²) < 4.78 is 16.0. The summed E-state index contributed by atoms with van der Waals surface area (Å²) in [5.74, 6) is 0.226. The summed E-state index contributed by atoms with van der Waals surface area (Å²) in [6.45, 7) is 0. The van der Waals surface area contributed by atoms with Gasteiger partial charge >= 0.3 is 0 Å². The molecule has 1 fully saturated rings. The lowest BCUT2D eigenvalue weighted by Crippen LogP contribution is -2.15. The van der Waals surface area contributed by atoms with E-state index in [0.29, 0.717) is 16.5 Å². The molecule has 1 aliphatic carbocycles. The lowest BCUT2D eigenvalue weighted by molar-refractivity contribution is 0.430. The number of H-pyrrole nitrogens is 1. The van der Waals surface area contributed by atoms with Crippen molar-refractivity contribution in [1.82, 2.24) is 19.7 Å². The van der Waals surface area contributed by atoms with E-state index in [1.54, 1.807) is 24.5 Å². The number of fused-ring (bicyclic) bond motifs is 1. The fraction of sp³-hybridized carbons (Fsp3) is 0.353. The second-order valence-corrected chi connectivity index (χ2v) is 6.07. The average molecular weight is 312 g/mol. The summed E-state index contributed by atoms with van der Waals surface area (Å²) in [6.07, 6.45) is 8.69. The molecule has 4 rings (SSSR count). The fourth-order valence-electron chi connectivity index (χ4n) is 3.39. The summed E-state index contributed by atoms with van der Waals surface area (Å²) >= 11 is 0. The first-order chi connectivity index (χ1) is 11.2. The fourth-order valence-corrected chi connectivity index (χ4v) is 3.39. The quantitative estimate of drug-likeness (QED) is 0.789. The SMILES string of the molecule is O=c1[nH]c(-n2cccn2)nc2cc(F)c(C3CCCCC3)cc12. The van der Waals surface area contributed by atoms with Crippen molar-refractivity contribution in [1.29, 1.82) is 0 Å². The van der Waals surface area contributed by atoms with Gasteiger partial charge in [0.25, 0.3) is 5.56 Å². The van der Waals surface area contributed by atoms with Crippen LogP contribution in [-0.4, -0.2) is 19.7 Å². The molecule has 0 amide bonds. The maximum absolute atomic E-state index is 14.5. The summed E-state index contributed by atoms with van der Waals surface area (Å²) in [5, 5.41) is 4.47. The predicted molar refractivity (Wildman–Crippen MR) is 85.3 cm³/mol. The number of hydrogen-bond donors (Lipinski definition) is 1. The average Bonchev–Trinajstić information content (AvgIpc) is 3.09. The molecule has 1 N–H and O–H groups in total. The van der Waals surface area contributed by atoms with E-state index in [9.17, 15) is 9.18 Å². The van der Waals surface area contributed by atoms with Gasteiger partial charge in [0.2, 0.25) is 5.95 Å². The van der Waals surface area contributed by atoms with Crippen LogP contribution in [0.1, 0.15) is 43.6 Å². The van der Waals surface area contributed by atoms with Crippen molar-refractivity contribution in [2.24, 2.45) is 0 Å². The number of hydrogen-bond acceptors (Lipinski definition) is 3. The largest absolute Gasteiger partial charge is 0.290 e. The van der Waals surface area contributed by atoms with Crippen LogP contribution in [0.4, 0.5) is 4.39 Å². The summed E-state index contributed by atoms with van der Waals surface area (Å²) in [6, 6.07) is 4.79. The van der Waals surface area contributed by atoms with E-state index in [1.165, 1.54) is 17.2 Å². The van der Waals surface area contributed by atoms with Crippen molar-refractivity contribution >= 4 is 10.9 Å². The van der Waals surface area contributed by atoms with Crippen molar-refractivity contribution < 1.29 is 4.39 Å².